The summed E-state index contributed by atoms with van der Waals surface area (Å²) in [6.45, 7) is 11.4. The average Bonchev–Trinajstić information content (AvgIpc) is 2.28. The molecule has 0 saturated carbocycles. The Bertz CT molecular complexity index is 206. The highest BCUT2D eigenvalue weighted by atomic mass is 16.5. The van der Waals surface area contributed by atoms with Crippen molar-refractivity contribution in [2.24, 2.45) is 17.6 Å². The highest BCUT2D eigenvalue weighted by Gasteiger charge is 2.14. The average molecular weight is 258 g/mol. The second kappa shape index (κ2) is 10.3. The summed E-state index contributed by atoms with van der Waals surface area (Å²) in [7, 11) is 0. The van der Waals surface area contributed by atoms with Crippen molar-refractivity contribution in [1.29, 1.82) is 0 Å². The lowest BCUT2D eigenvalue weighted by molar-refractivity contribution is -0.136. The van der Waals surface area contributed by atoms with Gasteiger partial charge in [-0.2, -0.15) is 0 Å². The van der Waals surface area contributed by atoms with Crippen molar-refractivity contribution in [1.82, 2.24) is 4.90 Å². The van der Waals surface area contributed by atoms with E-state index in [2.05, 4.69) is 27.7 Å². The molecule has 108 valence electrons. The Labute approximate surface area is 112 Å². The third kappa shape index (κ3) is 9.42. The van der Waals surface area contributed by atoms with Crippen LogP contribution < -0.4 is 5.73 Å². The third-order valence-corrected chi connectivity index (χ3v) is 2.79. The van der Waals surface area contributed by atoms with Crippen molar-refractivity contribution >= 4 is 5.91 Å². The van der Waals surface area contributed by atoms with Crippen molar-refractivity contribution in [2.45, 2.75) is 40.5 Å². The van der Waals surface area contributed by atoms with E-state index in [0.29, 0.717) is 25.0 Å². The molecule has 0 saturated heterocycles. The number of amides is 1. The monoisotopic (exact) mass is 258 g/mol. The summed E-state index contributed by atoms with van der Waals surface area (Å²) in [5, 5.41) is 0. The van der Waals surface area contributed by atoms with Gasteiger partial charge in [-0.1, -0.05) is 27.7 Å². The van der Waals surface area contributed by atoms with Crippen molar-refractivity contribution in [2.75, 3.05) is 32.8 Å². The fourth-order valence-corrected chi connectivity index (χ4v) is 1.52. The predicted molar refractivity (Wildman–Crippen MR) is 75.4 cm³/mol. The van der Waals surface area contributed by atoms with E-state index in [9.17, 15) is 4.79 Å². The van der Waals surface area contributed by atoms with Crippen LogP contribution in [0, 0.1) is 11.8 Å². The number of hydrogen-bond acceptors (Lipinski definition) is 3. The van der Waals surface area contributed by atoms with Crippen LogP contribution in [-0.4, -0.2) is 43.7 Å². The van der Waals surface area contributed by atoms with Gasteiger partial charge in [0.15, 0.2) is 0 Å². The van der Waals surface area contributed by atoms with E-state index in [4.69, 9.17) is 10.5 Å². The van der Waals surface area contributed by atoms with Gasteiger partial charge in [0.05, 0.1) is 6.61 Å². The predicted octanol–water partition coefficient (Wildman–Crippen LogP) is 1.88. The minimum atomic E-state index is 0.0877. The van der Waals surface area contributed by atoms with Crippen LogP contribution in [0.5, 0.6) is 0 Å². The number of ether oxygens (including phenoxy) is 1. The van der Waals surface area contributed by atoms with Gasteiger partial charge in [0.2, 0.25) is 5.91 Å². The third-order valence-electron chi connectivity index (χ3n) is 2.79. The van der Waals surface area contributed by atoms with Crippen LogP contribution in [0.4, 0.5) is 0 Å². The Balaban J connectivity index is 4.11. The molecule has 4 heteroatoms. The lowest BCUT2D eigenvalue weighted by Crippen LogP contribution is -2.37. The fourth-order valence-electron chi connectivity index (χ4n) is 1.52. The summed E-state index contributed by atoms with van der Waals surface area (Å²) >= 11 is 0. The van der Waals surface area contributed by atoms with Gasteiger partial charge >= 0.3 is 0 Å². The van der Waals surface area contributed by atoms with Gasteiger partial charge in [-0.25, -0.2) is 0 Å². The molecule has 0 aliphatic carbocycles. The first-order chi connectivity index (χ1) is 8.47. The van der Waals surface area contributed by atoms with Gasteiger partial charge in [-0.05, 0) is 24.7 Å². The first-order valence-electron chi connectivity index (χ1n) is 7.03. The maximum Gasteiger partial charge on any atom is 0.248 e. The standard InChI is InChI=1S/C14H30N2O2/c1-12(2)5-8-16(9-6-13(3)4)14(17)11-18-10-7-15/h12-13H,5-11,15H2,1-4H3. The molecule has 0 radical (unpaired) electrons. The van der Waals surface area contributed by atoms with Crippen LogP contribution in [0.3, 0.4) is 0 Å². The molecule has 1 amide bonds. The number of hydrogen-bond donors (Lipinski definition) is 1. The normalized spacial score (nSPS) is 11.3. The molecule has 0 rings (SSSR count). The van der Waals surface area contributed by atoms with Crippen molar-refractivity contribution < 1.29 is 9.53 Å². The molecule has 0 spiro atoms. The highest BCUT2D eigenvalue weighted by Crippen LogP contribution is 2.07. The Morgan fingerprint density at radius 3 is 2.00 bits per heavy atom. The highest BCUT2D eigenvalue weighted by molar-refractivity contribution is 5.77. The van der Waals surface area contributed by atoms with E-state index < -0.39 is 0 Å². The van der Waals surface area contributed by atoms with Crippen molar-refractivity contribution in [3.8, 4) is 0 Å². The van der Waals surface area contributed by atoms with Crippen molar-refractivity contribution in [3.05, 3.63) is 0 Å². The van der Waals surface area contributed by atoms with E-state index >= 15 is 0 Å². The molecule has 0 aromatic heterocycles. The largest absolute Gasteiger partial charge is 0.370 e. The number of nitrogens with two attached hydrogens (primary N) is 1. The van der Waals surface area contributed by atoms with E-state index in [1.165, 1.54) is 0 Å². The maximum atomic E-state index is 12.0. The molecule has 0 aliphatic rings. The minimum Gasteiger partial charge on any atom is -0.370 e. The maximum absolute atomic E-state index is 12.0. The second-order valence-electron chi connectivity index (χ2n) is 5.59. The lowest BCUT2D eigenvalue weighted by atomic mass is 10.1. The zero-order valence-corrected chi connectivity index (χ0v) is 12.4. The Morgan fingerprint density at radius 2 is 1.61 bits per heavy atom. The molecule has 0 atom stereocenters. The zero-order valence-electron chi connectivity index (χ0n) is 12.4. The minimum absolute atomic E-state index is 0.0877. The van der Waals surface area contributed by atoms with E-state index in [-0.39, 0.29) is 12.5 Å². The van der Waals surface area contributed by atoms with Gasteiger partial charge in [0.1, 0.15) is 6.61 Å². The first-order valence-corrected chi connectivity index (χ1v) is 7.03. The molecule has 4 nitrogen and oxygen atoms in total. The molecule has 0 aromatic rings. The Kier molecular flexibility index (Phi) is 9.98. The zero-order chi connectivity index (χ0) is 14.0. The fraction of sp³-hybridized carbons (Fsp3) is 0.929. The molecular formula is C14H30N2O2. The lowest BCUT2D eigenvalue weighted by Gasteiger charge is -2.24. The SMILES string of the molecule is CC(C)CCN(CCC(C)C)C(=O)COCCN. The van der Waals surface area contributed by atoms with Gasteiger partial charge in [-0.3, -0.25) is 4.79 Å². The van der Waals surface area contributed by atoms with Crippen molar-refractivity contribution in [3.63, 3.8) is 0 Å². The number of nitrogens with zero attached hydrogens (tertiary/aromatic N) is 1. The first kappa shape index (κ1) is 17.4. The summed E-state index contributed by atoms with van der Waals surface area (Å²) < 4.78 is 5.22. The van der Waals surface area contributed by atoms with Gasteiger partial charge in [0, 0.05) is 19.6 Å². The van der Waals surface area contributed by atoms with E-state index in [1.807, 2.05) is 4.90 Å². The van der Waals surface area contributed by atoms with Crippen LogP contribution in [0.1, 0.15) is 40.5 Å². The molecule has 0 unspecified atom stereocenters. The summed E-state index contributed by atoms with van der Waals surface area (Å²) in [6, 6.07) is 0. The van der Waals surface area contributed by atoms with Gasteiger partial charge < -0.3 is 15.4 Å². The molecule has 18 heavy (non-hydrogen) atoms. The van der Waals surface area contributed by atoms with Gasteiger partial charge in [-0.15, -0.1) is 0 Å². The van der Waals surface area contributed by atoms with Crippen LogP contribution in [0.2, 0.25) is 0 Å². The summed E-state index contributed by atoms with van der Waals surface area (Å²) in [6.07, 6.45) is 2.08. The number of carbonyl (C=O) groups excluding carboxylic acids is 1. The smallest absolute Gasteiger partial charge is 0.248 e. The summed E-state index contributed by atoms with van der Waals surface area (Å²) in [4.78, 5) is 13.9. The van der Waals surface area contributed by atoms with Crippen LogP contribution in [0.15, 0.2) is 0 Å². The molecule has 2 N–H and O–H groups in total. The summed E-state index contributed by atoms with van der Waals surface area (Å²) in [5.41, 5.74) is 5.34. The van der Waals surface area contributed by atoms with Crippen LogP contribution in [0.25, 0.3) is 0 Å². The molecule has 0 heterocycles. The van der Waals surface area contributed by atoms with Crippen LogP contribution in [-0.2, 0) is 9.53 Å². The quantitative estimate of drug-likeness (QED) is 0.609. The molecule has 0 aliphatic heterocycles. The summed E-state index contributed by atoms with van der Waals surface area (Å²) in [5.74, 6) is 1.32. The number of rotatable bonds is 10. The molecule has 0 aromatic carbocycles. The number of carbonyl (C=O) groups is 1. The molecular weight excluding hydrogens is 228 g/mol. The van der Waals surface area contributed by atoms with E-state index in [1.54, 1.807) is 0 Å². The van der Waals surface area contributed by atoms with Crippen LogP contribution >= 0.6 is 0 Å². The molecule has 0 fully saturated rings. The van der Waals surface area contributed by atoms with Gasteiger partial charge in [0.25, 0.3) is 0 Å². The van der Waals surface area contributed by atoms with E-state index in [0.717, 1.165) is 25.9 Å². The Morgan fingerprint density at radius 1 is 1.11 bits per heavy atom. The topological polar surface area (TPSA) is 55.6 Å². The Hall–Kier alpha value is -0.610. The second-order valence-corrected chi connectivity index (χ2v) is 5.59. The molecule has 0 bridgehead atoms.